The summed E-state index contributed by atoms with van der Waals surface area (Å²) in [5.41, 5.74) is 0.444. The molecule has 2 aromatic rings. The number of methoxy groups -OCH3 is 1. The topological polar surface area (TPSA) is 109 Å². The number of nitrogens with one attached hydrogen (secondary N) is 1. The van der Waals surface area contributed by atoms with Crippen molar-refractivity contribution in [1.29, 1.82) is 5.26 Å². The molecule has 0 aliphatic rings. The maximum Gasteiger partial charge on any atom is 0.268 e. The van der Waals surface area contributed by atoms with Crippen LogP contribution in [0.3, 0.4) is 0 Å². The van der Waals surface area contributed by atoms with E-state index in [2.05, 4.69) is 0 Å². The van der Waals surface area contributed by atoms with Gasteiger partial charge in [0, 0.05) is 7.11 Å². The SMILES string of the molecule is COCc1cc(C(=O)NS(=O)(=O)c2ccc(C#N)cc2)c(C)o1. The Labute approximate surface area is 133 Å². The average molecular weight is 334 g/mol. The molecule has 1 amide bonds. The van der Waals surface area contributed by atoms with Crippen LogP contribution in [0.5, 0.6) is 0 Å². The second kappa shape index (κ2) is 6.64. The molecule has 0 aliphatic carbocycles. The summed E-state index contributed by atoms with van der Waals surface area (Å²) in [5, 5.41) is 8.71. The van der Waals surface area contributed by atoms with Crippen molar-refractivity contribution in [3.05, 3.63) is 53.0 Å². The molecule has 1 aromatic heterocycles. The number of furan rings is 1. The lowest BCUT2D eigenvalue weighted by Gasteiger charge is -2.06. The van der Waals surface area contributed by atoms with Crippen molar-refractivity contribution in [3.8, 4) is 6.07 Å². The molecular formula is C15H14N2O5S. The van der Waals surface area contributed by atoms with Gasteiger partial charge in [-0.25, -0.2) is 13.1 Å². The van der Waals surface area contributed by atoms with Crippen LogP contribution in [0.1, 0.15) is 27.4 Å². The number of rotatable bonds is 5. The highest BCUT2D eigenvalue weighted by Crippen LogP contribution is 2.17. The maximum absolute atomic E-state index is 12.2. The number of hydrogen-bond donors (Lipinski definition) is 1. The Hall–Kier alpha value is -2.63. The molecule has 0 atom stereocenters. The molecule has 0 fully saturated rings. The first-order valence-corrected chi connectivity index (χ1v) is 8.01. The van der Waals surface area contributed by atoms with Gasteiger partial charge in [-0.05, 0) is 37.3 Å². The number of amides is 1. The van der Waals surface area contributed by atoms with Crippen molar-refractivity contribution < 1.29 is 22.4 Å². The molecule has 120 valence electrons. The second-order valence-electron chi connectivity index (χ2n) is 4.69. The van der Waals surface area contributed by atoms with Gasteiger partial charge in [0.15, 0.2) is 0 Å². The molecule has 0 saturated heterocycles. The van der Waals surface area contributed by atoms with Gasteiger partial charge in [-0.15, -0.1) is 0 Å². The average Bonchev–Trinajstić information content (AvgIpc) is 2.88. The van der Waals surface area contributed by atoms with Gasteiger partial charge >= 0.3 is 0 Å². The maximum atomic E-state index is 12.2. The van der Waals surface area contributed by atoms with E-state index in [1.807, 2.05) is 10.8 Å². The van der Waals surface area contributed by atoms with Crippen LogP contribution in [0.2, 0.25) is 0 Å². The Balaban J connectivity index is 2.22. The number of ether oxygens (including phenoxy) is 1. The minimum atomic E-state index is -4.03. The van der Waals surface area contributed by atoms with Gasteiger partial charge in [-0.2, -0.15) is 5.26 Å². The van der Waals surface area contributed by atoms with Gasteiger partial charge in [-0.3, -0.25) is 4.79 Å². The standard InChI is InChI=1S/C15H14N2O5S/c1-10-14(7-12(22-10)9-21-2)15(18)17-23(19,20)13-5-3-11(8-16)4-6-13/h3-7H,9H2,1-2H3,(H,17,18). The zero-order valence-corrected chi connectivity index (χ0v) is 13.3. The molecular weight excluding hydrogens is 320 g/mol. The van der Waals surface area contributed by atoms with Crippen molar-refractivity contribution in [1.82, 2.24) is 4.72 Å². The lowest BCUT2D eigenvalue weighted by atomic mass is 10.2. The fourth-order valence-electron chi connectivity index (χ4n) is 1.93. The van der Waals surface area contributed by atoms with Crippen molar-refractivity contribution in [2.24, 2.45) is 0 Å². The number of nitrogens with zero attached hydrogens (tertiary/aromatic N) is 1. The van der Waals surface area contributed by atoms with E-state index in [1.165, 1.54) is 37.4 Å². The fourth-order valence-corrected chi connectivity index (χ4v) is 2.89. The van der Waals surface area contributed by atoms with Crippen molar-refractivity contribution in [2.45, 2.75) is 18.4 Å². The molecule has 0 bridgehead atoms. The minimum Gasteiger partial charge on any atom is -0.463 e. The van der Waals surface area contributed by atoms with Gasteiger partial charge < -0.3 is 9.15 Å². The van der Waals surface area contributed by atoms with Crippen LogP contribution in [-0.4, -0.2) is 21.4 Å². The number of sulfonamides is 1. The third-order valence-electron chi connectivity index (χ3n) is 3.02. The van der Waals surface area contributed by atoms with E-state index in [0.717, 1.165) is 0 Å². The molecule has 0 spiro atoms. The summed E-state index contributed by atoms with van der Waals surface area (Å²) in [7, 11) is -2.56. The van der Waals surface area contributed by atoms with Gasteiger partial charge in [0.1, 0.15) is 18.1 Å². The third kappa shape index (κ3) is 3.77. The van der Waals surface area contributed by atoms with E-state index >= 15 is 0 Å². The van der Waals surface area contributed by atoms with Crippen LogP contribution in [0.25, 0.3) is 0 Å². The summed E-state index contributed by atoms with van der Waals surface area (Å²) < 4.78 is 36.6. The summed E-state index contributed by atoms with van der Waals surface area (Å²) in [6.07, 6.45) is 0. The Morgan fingerprint density at radius 2 is 2.00 bits per heavy atom. The van der Waals surface area contributed by atoms with E-state index in [1.54, 1.807) is 6.92 Å². The molecule has 7 nitrogen and oxygen atoms in total. The molecule has 1 N–H and O–H groups in total. The smallest absolute Gasteiger partial charge is 0.268 e. The van der Waals surface area contributed by atoms with E-state index in [4.69, 9.17) is 14.4 Å². The first-order valence-electron chi connectivity index (χ1n) is 6.53. The van der Waals surface area contributed by atoms with Crippen molar-refractivity contribution >= 4 is 15.9 Å². The van der Waals surface area contributed by atoms with Crippen LogP contribution in [0, 0.1) is 18.3 Å². The van der Waals surface area contributed by atoms with E-state index < -0.39 is 15.9 Å². The van der Waals surface area contributed by atoms with Crippen molar-refractivity contribution in [2.75, 3.05) is 7.11 Å². The molecule has 1 aromatic carbocycles. The van der Waals surface area contributed by atoms with E-state index in [-0.39, 0.29) is 17.1 Å². The predicted octanol–water partition coefficient (Wildman–Crippen LogP) is 1.72. The number of hydrogen-bond acceptors (Lipinski definition) is 6. The zero-order chi connectivity index (χ0) is 17.0. The van der Waals surface area contributed by atoms with Crippen LogP contribution in [0.4, 0.5) is 0 Å². The van der Waals surface area contributed by atoms with Crippen LogP contribution in [-0.2, 0) is 21.4 Å². The molecule has 1 heterocycles. The second-order valence-corrected chi connectivity index (χ2v) is 6.37. The molecule has 0 radical (unpaired) electrons. The highest BCUT2D eigenvalue weighted by molar-refractivity contribution is 7.90. The normalized spacial score (nSPS) is 11.0. The number of nitriles is 1. The first kappa shape index (κ1) is 16.7. The number of carbonyl (C=O) groups is 1. The largest absolute Gasteiger partial charge is 0.463 e. The quantitative estimate of drug-likeness (QED) is 0.891. The van der Waals surface area contributed by atoms with Gasteiger partial charge in [0.25, 0.3) is 15.9 Å². The molecule has 8 heteroatoms. The summed E-state index contributed by atoms with van der Waals surface area (Å²) in [6.45, 7) is 1.74. The molecule has 0 aliphatic heterocycles. The van der Waals surface area contributed by atoms with Crippen LogP contribution in [0.15, 0.2) is 39.6 Å². The highest BCUT2D eigenvalue weighted by Gasteiger charge is 2.22. The number of aryl methyl sites for hydroxylation is 1. The van der Waals surface area contributed by atoms with E-state index in [9.17, 15) is 13.2 Å². The molecule has 0 saturated carbocycles. The predicted molar refractivity (Wildman–Crippen MR) is 80.0 cm³/mol. The van der Waals surface area contributed by atoms with Gasteiger partial charge in [0.2, 0.25) is 0 Å². The first-order chi connectivity index (χ1) is 10.9. The Morgan fingerprint density at radius 1 is 1.35 bits per heavy atom. The van der Waals surface area contributed by atoms with E-state index in [0.29, 0.717) is 17.1 Å². The van der Waals surface area contributed by atoms with Crippen LogP contribution >= 0.6 is 0 Å². The summed E-state index contributed by atoms with van der Waals surface area (Å²) >= 11 is 0. The highest BCUT2D eigenvalue weighted by atomic mass is 32.2. The number of carbonyl (C=O) groups excluding carboxylic acids is 1. The van der Waals surface area contributed by atoms with Gasteiger partial charge in [-0.1, -0.05) is 0 Å². The van der Waals surface area contributed by atoms with Crippen LogP contribution < -0.4 is 4.72 Å². The Bertz CT molecular complexity index is 860. The monoisotopic (exact) mass is 334 g/mol. The Morgan fingerprint density at radius 3 is 2.57 bits per heavy atom. The van der Waals surface area contributed by atoms with Gasteiger partial charge in [0.05, 0.1) is 22.1 Å². The minimum absolute atomic E-state index is 0.108. The molecule has 0 unspecified atom stereocenters. The molecule has 23 heavy (non-hydrogen) atoms. The third-order valence-corrected chi connectivity index (χ3v) is 4.37. The fraction of sp³-hybridized carbons (Fsp3) is 0.200. The summed E-state index contributed by atoms with van der Waals surface area (Å²) in [6, 6.07) is 8.55. The summed E-state index contributed by atoms with van der Waals surface area (Å²) in [4.78, 5) is 12.0. The summed E-state index contributed by atoms with van der Waals surface area (Å²) in [5.74, 6) is -0.0755. The zero-order valence-electron chi connectivity index (χ0n) is 12.5. The number of benzene rings is 1. The van der Waals surface area contributed by atoms with Crippen molar-refractivity contribution in [3.63, 3.8) is 0 Å². The Kier molecular flexibility index (Phi) is 4.83. The molecule has 2 rings (SSSR count). The lowest BCUT2D eigenvalue weighted by Crippen LogP contribution is -2.30. The lowest BCUT2D eigenvalue weighted by molar-refractivity contribution is 0.0980.